The molecule has 0 spiro atoms. The molecule has 0 bridgehead atoms. The molecule has 20 heavy (non-hydrogen) atoms. The second-order valence-electron chi connectivity index (χ2n) is 3.94. The predicted octanol–water partition coefficient (Wildman–Crippen LogP) is 2.95. The van der Waals surface area contributed by atoms with Crippen LogP contribution < -0.4 is 14.8 Å². The molecule has 1 aromatic heterocycles. The molecule has 1 N–H and O–H groups in total. The molecule has 1 amide bonds. The molecule has 0 fully saturated rings. The number of benzene rings is 1. The van der Waals surface area contributed by atoms with Gasteiger partial charge in [-0.25, -0.2) is 0 Å². The van der Waals surface area contributed by atoms with Crippen LogP contribution in [0.5, 0.6) is 11.5 Å². The van der Waals surface area contributed by atoms with E-state index in [1.165, 1.54) is 6.08 Å². The van der Waals surface area contributed by atoms with Crippen molar-refractivity contribution in [2.24, 2.45) is 0 Å². The van der Waals surface area contributed by atoms with Crippen molar-refractivity contribution in [1.82, 2.24) is 0 Å². The lowest BCUT2D eigenvalue weighted by Crippen LogP contribution is -2.08. The van der Waals surface area contributed by atoms with Gasteiger partial charge < -0.3 is 19.2 Å². The summed E-state index contributed by atoms with van der Waals surface area (Å²) in [6.07, 6.45) is 4.53. The Morgan fingerprint density at radius 2 is 1.90 bits per heavy atom. The third kappa shape index (κ3) is 3.65. The minimum Gasteiger partial charge on any atom is -0.497 e. The first-order valence-electron chi connectivity index (χ1n) is 5.97. The van der Waals surface area contributed by atoms with Gasteiger partial charge in [0.2, 0.25) is 5.91 Å². The molecule has 1 aromatic carbocycles. The number of nitrogens with one attached hydrogen (secondary N) is 1. The molecule has 2 rings (SSSR count). The van der Waals surface area contributed by atoms with Crippen molar-refractivity contribution in [2.45, 2.75) is 0 Å². The lowest BCUT2D eigenvalue weighted by Gasteiger charge is -2.08. The third-order valence-electron chi connectivity index (χ3n) is 2.56. The molecule has 0 aliphatic rings. The van der Waals surface area contributed by atoms with Gasteiger partial charge in [0.25, 0.3) is 0 Å². The van der Waals surface area contributed by atoms with Crippen LogP contribution in [0.15, 0.2) is 47.1 Å². The third-order valence-corrected chi connectivity index (χ3v) is 2.56. The van der Waals surface area contributed by atoms with Crippen LogP contribution in [0, 0.1) is 0 Å². The van der Waals surface area contributed by atoms with E-state index in [1.54, 1.807) is 56.9 Å². The maximum atomic E-state index is 11.8. The smallest absolute Gasteiger partial charge is 0.248 e. The van der Waals surface area contributed by atoms with Crippen LogP contribution in [-0.2, 0) is 4.79 Å². The normalized spacial score (nSPS) is 10.5. The number of furan rings is 1. The van der Waals surface area contributed by atoms with Crippen LogP contribution in [0.2, 0.25) is 0 Å². The maximum Gasteiger partial charge on any atom is 0.248 e. The maximum absolute atomic E-state index is 11.8. The first-order chi connectivity index (χ1) is 9.71. The number of hydrogen-bond acceptors (Lipinski definition) is 4. The fourth-order valence-electron chi connectivity index (χ4n) is 1.61. The van der Waals surface area contributed by atoms with Gasteiger partial charge in [0.1, 0.15) is 17.3 Å². The highest BCUT2D eigenvalue weighted by Crippen LogP contribution is 2.25. The highest BCUT2D eigenvalue weighted by molar-refractivity contribution is 6.01. The summed E-state index contributed by atoms with van der Waals surface area (Å²) in [5.41, 5.74) is 0.593. The van der Waals surface area contributed by atoms with Gasteiger partial charge in [-0.2, -0.15) is 0 Å². The number of rotatable bonds is 5. The highest BCUT2D eigenvalue weighted by Gasteiger charge is 2.04. The van der Waals surface area contributed by atoms with Crippen LogP contribution >= 0.6 is 0 Å². The first kappa shape index (κ1) is 13.7. The molecule has 5 nitrogen and oxygen atoms in total. The number of hydrogen-bond donors (Lipinski definition) is 1. The van der Waals surface area contributed by atoms with Gasteiger partial charge in [0.15, 0.2) is 0 Å². The minimum atomic E-state index is -0.267. The van der Waals surface area contributed by atoms with Crippen LogP contribution in [0.3, 0.4) is 0 Å². The summed E-state index contributed by atoms with van der Waals surface area (Å²) in [6, 6.07) is 8.67. The number of methoxy groups -OCH3 is 2. The predicted molar refractivity (Wildman–Crippen MR) is 75.9 cm³/mol. The standard InChI is InChI=1S/C15H15NO4/c1-18-13-8-11(9-14(10-13)19-2)16-15(17)6-5-12-4-3-7-20-12/h3-10H,1-2H3,(H,16,17)/b6-5+. The Labute approximate surface area is 116 Å². The Morgan fingerprint density at radius 1 is 1.20 bits per heavy atom. The average Bonchev–Trinajstić information content (AvgIpc) is 2.98. The van der Waals surface area contributed by atoms with E-state index in [0.717, 1.165) is 0 Å². The summed E-state index contributed by atoms with van der Waals surface area (Å²) in [5, 5.41) is 2.73. The van der Waals surface area contributed by atoms with Crippen molar-refractivity contribution in [3.05, 3.63) is 48.4 Å². The molecule has 0 unspecified atom stereocenters. The molecular weight excluding hydrogens is 258 g/mol. The molecule has 0 saturated carbocycles. The van der Waals surface area contributed by atoms with Gasteiger partial charge in [-0.1, -0.05) is 0 Å². The van der Waals surface area contributed by atoms with E-state index in [9.17, 15) is 4.79 Å². The monoisotopic (exact) mass is 273 g/mol. The molecule has 0 radical (unpaired) electrons. The van der Waals surface area contributed by atoms with Crippen molar-refractivity contribution < 1.29 is 18.7 Å². The Morgan fingerprint density at radius 3 is 2.45 bits per heavy atom. The zero-order valence-corrected chi connectivity index (χ0v) is 11.3. The molecule has 0 saturated heterocycles. The highest BCUT2D eigenvalue weighted by atomic mass is 16.5. The summed E-state index contributed by atoms with van der Waals surface area (Å²) in [5.74, 6) is 1.56. The van der Waals surface area contributed by atoms with Crippen LogP contribution in [0.25, 0.3) is 6.08 Å². The van der Waals surface area contributed by atoms with Crippen molar-refractivity contribution in [3.63, 3.8) is 0 Å². The second-order valence-corrected chi connectivity index (χ2v) is 3.94. The van der Waals surface area contributed by atoms with Gasteiger partial charge in [0, 0.05) is 30.0 Å². The molecule has 2 aromatic rings. The SMILES string of the molecule is COc1cc(NC(=O)/C=C/c2ccco2)cc(OC)c1. The summed E-state index contributed by atoms with van der Waals surface area (Å²) >= 11 is 0. The van der Waals surface area contributed by atoms with E-state index in [4.69, 9.17) is 13.9 Å². The van der Waals surface area contributed by atoms with E-state index < -0.39 is 0 Å². The summed E-state index contributed by atoms with van der Waals surface area (Å²) in [6.45, 7) is 0. The topological polar surface area (TPSA) is 60.7 Å². The molecule has 104 valence electrons. The van der Waals surface area contributed by atoms with Crippen molar-refractivity contribution in [1.29, 1.82) is 0 Å². The van der Waals surface area contributed by atoms with Gasteiger partial charge >= 0.3 is 0 Å². The van der Waals surface area contributed by atoms with E-state index in [1.807, 2.05) is 0 Å². The zero-order valence-electron chi connectivity index (χ0n) is 11.3. The number of carbonyl (C=O) groups excluding carboxylic acids is 1. The summed E-state index contributed by atoms with van der Waals surface area (Å²) < 4.78 is 15.4. The molecule has 0 aliphatic heterocycles. The number of carbonyl (C=O) groups is 1. The van der Waals surface area contributed by atoms with Crippen LogP contribution in [-0.4, -0.2) is 20.1 Å². The lowest BCUT2D eigenvalue weighted by molar-refractivity contribution is -0.111. The van der Waals surface area contributed by atoms with E-state index >= 15 is 0 Å². The number of anilines is 1. The average molecular weight is 273 g/mol. The van der Waals surface area contributed by atoms with E-state index in [-0.39, 0.29) is 5.91 Å². The van der Waals surface area contributed by atoms with Crippen molar-refractivity contribution in [3.8, 4) is 11.5 Å². The summed E-state index contributed by atoms with van der Waals surface area (Å²) in [7, 11) is 3.11. The Balaban J connectivity index is 2.07. The van der Waals surface area contributed by atoms with Gasteiger partial charge in [-0.3, -0.25) is 4.79 Å². The number of amides is 1. The van der Waals surface area contributed by atoms with Gasteiger partial charge in [-0.15, -0.1) is 0 Å². The summed E-state index contributed by atoms with van der Waals surface area (Å²) in [4.78, 5) is 11.8. The molecule has 0 atom stereocenters. The molecule has 5 heteroatoms. The van der Waals surface area contributed by atoms with Crippen molar-refractivity contribution in [2.75, 3.05) is 19.5 Å². The van der Waals surface area contributed by atoms with Crippen LogP contribution in [0.1, 0.15) is 5.76 Å². The zero-order chi connectivity index (χ0) is 14.4. The number of ether oxygens (including phenoxy) is 2. The first-order valence-corrected chi connectivity index (χ1v) is 5.97. The van der Waals surface area contributed by atoms with E-state index in [0.29, 0.717) is 22.9 Å². The van der Waals surface area contributed by atoms with Crippen molar-refractivity contribution >= 4 is 17.7 Å². The van der Waals surface area contributed by atoms with Gasteiger partial charge in [-0.05, 0) is 18.2 Å². The van der Waals surface area contributed by atoms with E-state index in [2.05, 4.69) is 5.32 Å². The largest absolute Gasteiger partial charge is 0.497 e. The minimum absolute atomic E-state index is 0.267. The Bertz CT molecular complexity index is 580. The molecule has 1 heterocycles. The second kappa shape index (κ2) is 6.47. The van der Waals surface area contributed by atoms with Crippen LogP contribution in [0.4, 0.5) is 5.69 Å². The van der Waals surface area contributed by atoms with Gasteiger partial charge in [0.05, 0.1) is 20.5 Å². The quantitative estimate of drug-likeness (QED) is 0.851. The molecule has 0 aliphatic carbocycles. The fourth-order valence-corrected chi connectivity index (χ4v) is 1.61. The Kier molecular flexibility index (Phi) is 4.44. The fraction of sp³-hybridized carbons (Fsp3) is 0.133. The lowest BCUT2D eigenvalue weighted by atomic mass is 10.2. The Hall–Kier alpha value is -2.69. The molecular formula is C15H15NO4.